The molecule has 1 unspecified atom stereocenters. The molecule has 25 heavy (non-hydrogen) atoms. The lowest BCUT2D eigenvalue weighted by Gasteiger charge is -2.11. The summed E-state index contributed by atoms with van der Waals surface area (Å²) < 4.78 is 25.9. The van der Waals surface area contributed by atoms with Crippen LogP contribution in [0.25, 0.3) is 0 Å². The summed E-state index contributed by atoms with van der Waals surface area (Å²) in [5.74, 6) is 0.378. The number of anilines is 1. The number of thioether (sulfide) groups is 1. The third kappa shape index (κ3) is 4.21. The number of hydrogen-bond donors (Lipinski definition) is 1. The van der Waals surface area contributed by atoms with Crippen molar-refractivity contribution in [3.05, 3.63) is 16.4 Å². The van der Waals surface area contributed by atoms with E-state index in [0.717, 1.165) is 15.0 Å². The molecule has 1 saturated heterocycles. The van der Waals surface area contributed by atoms with Gasteiger partial charge in [-0.25, -0.2) is 8.42 Å². The van der Waals surface area contributed by atoms with Gasteiger partial charge < -0.3 is 5.32 Å². The standard InChI is InChI=1S/C14H19N5O3S3/c1-8-13(15-12(20)6-23-14-17-16-10(3)24-14)9(2)19(18-8)11-4-5-25(21,22)7-11/h11H,4-7H2,1-3H3,(H,15,20). The van der Waals surface area contributed by atoms with Crippen molar-refractivity contribution in [3.8, 4) is 0 Å². The maximum atomic E-state index is 12.2. The van der Waals surface area contributed by atoms with Gasteiger partial charge >= 0.3 is 0 Å². The van der Waals surface area contributed by atoms with Crippen LogP contribution in [0.4, 0.5) is 5.69 Å². The zero-order chi connectivity index (χ0) is 18.2. The third-order valence-corrected chi connectivity index (χ3v) is 7.70. The Hall–Kier alpha value is -1.46. The highest BCUT2D eigenvalue weighted by atomic mass is 32.2. The molecule has 0 spiro atoms. The summed E-state index contributed by atoms with van der Waals surface area (Å²) in [6, 6.07) is -0.159. The number of sulfone groups is 1. The van der Waals surface area contributed by atoms with Crippen LogP contribution in [0, 0.1) is 20.8 Å². The minimum absolute atomic E-state index is 0.106. The zero-order valence-electron chi connectivity index (χ0n) is 14.1. The minimum Gasteiger partial charge on any atom is -0.322 e. The van der Waals surface area contributed by atoms with Gasteiger partial charge in [-0.3, -0.25) is 9.48 Å². The Morgan fingerprint density at radius 3 is 2.72 bits per heavy atom. The van der Waals surface area contributed by atoms with Crippen LogP contribution in [0.15, 0.2) is 4.34 Å². The van der Waals surface area contributed by atoms with Crippen LogP contribution in [-0.2, 0) is 14.6 Å². The largest absolute Gasteiger partial charge is 0.322 e. The average Bonchev–Trinajstić information content (AvgIpc) is 3.19. The molecule has 2 aromatic rings. The average molecular weight is 402 g/mol. The zero-order valence-corrected chi connectivity index (χ0v) is 16.6. The molecular formula is C14H19N5O3S3. The Kier molecular flexibility index (Phi) is 5.16. The van der Waals surface area contributed by atoms with Gasteiger partial charge in [0, 0.05) is 0 Å². The fourth-order valence-corrected chi connectivity index (χ4v) is 6.11. The van der Waals surface area contributed by atoms with E-state index in [1.165, 1.54) is 23.1 Å². The molecule has 0 radical (unpaired) electrons. The molecule has 0 bridgehead atoms. The Balaban J connectivity index is 1.67. The lowest BCUT2D eigenvalue weighted by molar-refractivity contribution is -0.113. The number of aromatic nitrogens is 4. The maximum absolute atomic E-state index is 12.2. The molecule has 0 aromatic carbocycles. The van der Waals surface area contributed by atoms with Crippen molar-refractivity contribution in [2.45, 2.75) is 37.6 Å². The van der Waals surface area contributed by atoms with E-state index < -0.39 is 9.84 Å². The van der Waals surface area contributed by atoms with Crippen molar-refractivity contribution in [1.82, 2.24) is 20.0 Å². The smallest absolute Gasteiger partial charge is 0.234 e. The molecule has 136 valence electrons. The topological polar surface area (TPSA) is 107 Å². The van der Waals surface area contributed by atoms with Crippen LogP contribution in [0.3, 0.4) is 0 Å². The normalized spacial score (nSPS) is 19.2. The van der Waals surface area contributed by atoms with Gasteiger partial charge in [0.25, 0.3) is 0 Å². The first kappa shape index (κ1) is 18.3. The molecule has 1 aliphatic heterocycles. The summed E-state index contributed by atoms with van der Waals surface area (Å²) >= 11 is 2.79. The number of carbonyl (C=O) groups is 1. The molecule has 1 N–H and O–H groups in total. The Labute approximate surface area is 154 Å². The fourth-order valence-electron chi connectivity index (χ4n) is 2.81. The predicted octanol–water partition coefficient (Wildman–Crippen LogP) is 1.75. The van der Waals surface area contributed by atoms with E-state index in [1.807, 2.05) is 20.8 Å². The maximum Gasteiger partial charge on any atom is 0.234 e. The Morgan fingerprint density at radius 1 is 1.36 bits per heavy atom. The second-order valence-corrected chi connectivity index (χ2v) is 10.6. The summed E-state index contributed by atoms with van der Waals surface area (Å²) in [4.78, 5) is 12.2. The van der Waals surface area contributed by atoms with E-state index >= 15 is 0 Å². The molecule has 1 amide bonds. The molecule has 3 rings (SSSR count). The molecule has 2 aromatic heterocycles. The highest BCUT2D eigenvalue weighted by Crippen LogP contribution is 2.29. The van der Waals surface area contributed by atoms with Crippen molar-refractivity contribution >= 4 is 44.5 Å². The first-order valence-electron chi connectivity index (χ1n) is 7.74. The van der Waals surface area contributed by atoms with Crippen molar-refractivity contribution < 1.29 is 13.2 Å². The quantitative estimate of drug-likeness (QED) is 0.761. The summed E-state index contributed by atoms with van der Waals surface area (Å²) in [5.41, 5.74) is 2.12. The molecular weight excluding hydrogens is 382 g/mol. The fraction of sp³-hybridized carbons (Fsp3) is 0.571. The number of carbonyl (C=O) groups excluding carboxylic acids is 1. The molecule has 1 aliphatic rings. The third-order valence-electron chi connectivity index (χ3n) is 3.98. The van der Waals surface area contributed by atoms with Crippen LogP contribution >= 0.6 is 23.1 Å². The first-order chi connectivity index (χ1) is 11.7. The Morgan fingerprint density at radius 2 is 2.12 bits per heavy atom. The summed E-state index contributed by atoms with van der Waals surface area (Å²) in [7, 11) is -2.99. The number of hydrogen-bond acceptors (Lipinski definition) is 8. The summed E-state index contributed by atoms with van der Waals surface area (Å²) in [6.45, 7) is 5.53. The van der Waals surface area contributed by atoms with Gasteiger partial charge in [0.1, 0.15) is 5.01 Å². The van der Waals surface area contributed by atoms with Crippen LogP contribution in [-0.4, -0.2) is 51.6 Å². The monoisotopic (exact) mass is 401 g/mol. The number of rotatable bonds is 5. The van der Waals surface area contributed by atoms with Crippen molar-refractivity contribution in [2.24, 2.45) is 0 Å². The molecule has 0 aliphatic carbocycles. The second-order valence-electron chi connectivity index (χ2n) is 5.97. The molecule has 3 heterocycles. The summed E-state index contributed by atoms with van der Waals surface area (Å²) in [6.07, 6.45) is 0.559. The molecule has 8 nitrogen and oxygen atoms in total. The molecule has 0 saturated carbocycles. The van der Waals surface area contributed by atoms with Crippen LogP contribution in [0.2, 0.25) is 0 Å². The second kappa shape index (κ2) is 7.04. The van der Waals surface area contributed by atoms with Gasteiger partial charge in [-0.1, -0.05) is 23.1 Å². The van der Waals surface area contributed by atoms with E-state index in [2.05, 4.69) is 20.6 Å². The van der Waals surface area contributed by atoms with E-state index in [0.29, 0.717) is 17.8 Å². The van der Waals surface area contributed by atoms with E-state index in [1.54, 1.807) is 4.68 Å². The van der Waals surface area contributed by atoms with Crippen molar-refractivity contribution in [2.75, 3.05) is 22.6 Å². The number of aryl methyl sites for hydroxylation is 2. The van der Waals surface area contributed by atoms with Crippen molar-refractivity contribution in [1.29, 1.82) is 0 Å². The summed E-state index contributed by atoms with van der Waals surface area (Å²) in [5, 5.41) is 16.1. The number of amides is 1. The highest BCUT2D eigenvalue weighted by molar-refractivity contribution is 8.01. The number of nitrogens with zero attached hydrogens (tertiary/aromatic N) is 4. The number of nitrogens with one attached hydrogen (secondary N) is 1. The van der Waals surface area contributed by atoms with Gasteiger partial charge in [0.15, 0.2) is 14.2 Å². The first-order valence-corrected chi connectivity index (χ1v) is 11.4. The Bertz CT molecular complexity index is 903. The molecule has 1 fully saturated rings. The van der Waals surface area contributed by atoms with Gasteiger partial charge in [0.2, 0.25) is 5.91 Å². The van der Waals surface area contributed by atoms with Gasteiger partial charge in [-0.05, 0) is 27.2 Å². The SMILES string of the molecule is Cc1nnc(SCC(=O)Nc2c(C)nn(C3CCS(=O)(=O)C3)c2C)s1. The van der Waals surface area contributed by atoms with Crippen LogP contribution in [0.5, 0.6) is 0 Å². The highest BCUT2D eigenvalue weighted by Gasteiger charge is 2.31. The predicted molar refractivity (Wildman–Crippen MR) is 98.0 cm³/mol. The van der Waals surface area contributed by atoms with Crippen LogP contribution in [0.1, 0.15) is 28.9 Å². The lowest BCUT2D eigenvalue weighted by Crippen LogP contribution is -2.16. The molecule has 11 heteroatoms. The van der Waals surface area contributed by atoms with Gasteiger partial charge in [0.05, 0.1) is 40.4 Å². The minimum atomic E-state index is -2.99. The van der Waals surface area contributed by atoms with Crippen molar-refractivity contribution in [3.63, 3.8) is 0 Å². The molecule has 1 atom stereocenters. The van der Waals surface area contributed by atoms with E-state index in [9.17, 15) is 13.2 Å². The van der Waals surface area contributed by atoms with E-state index in [4.69, 9.17) is 0 Å². The van der Waals surface area contributed by atoms with E-state index in [-0.39, 0.29) is 29.2 Å². The van der Waals surface area contributed by atoms with Crippen LogP contribution < -0.4 is 5.32 Å². The van der Waals surface area contributed by atoms with Gasteiger partial charge in [-0.2, -0.15) is 5.10 Å². The lowest BCUT2D eigenvalue weighted by atomic mass is 10.2. The van der Waals surface area contributed by atoms with Gasteiger partial charge in [-0.15, -0.1) is 10.2 Å².